The molecule has 0 aliphatic rings. The molecule has 1 amide bonds. The Bertz CT molecular complexity index is 935. The number of hydrogen-bond acceptors (Lipinski definition) is 7. The highest BCUT2D eigenvalue weighted by Crippen LogP contribution is 2.32. The first-order chi connectivity index (χ1) is 11.6. The number of esters is 1. The minimum Gasteiger partial charge on any atom is -0.508 e. The van der Waals surface area contributed by atoms with Gasteiger partial charge in [-0.2, -0.15) is 8.42 Å². The van der Waals surface area contributed by atoms with Crippen molar-refractivity contribution in [1.82, 2.24) is 0 Å². The van der Waals surface area contributed by atoms with Gasteiger partial charge in [-0.1, -0.05) is 0 Å². The normalized spacial score (nSPS) is 11.0. The number of amides is 1. The molecule has 2 rings (SSSR count). The van der Waals surface area contributed by atoms with Crippen LogP contribution < -0.4 is 10.1 Å². The van der Waals surface area contributed by atoms with Crippen LogP contribution in [0.2, 0.25) is 0 Å². The van der Waals surface area contributed by atoms with Crippen LogP contribution >= 0.6 is 0 Å². The lowest BCUT2D eigenvalue weighted by Crippen LogP contribution is -2.13. The molecule has 0 spiro atoms. The highest BCUT2D eigenvalue weighted by molar-refractivity contribution is 7.86. The Kier molecular flexibility index (Phi) is 4.95. The predicted molar refractivity (Wildman–Crippen MR) is 85.3 cm³/mol. The Morgan fingerprint density at radius 2 is 1.68 bits per heavy atom. The monoisotopic (exact) mass is 367 g/mol. The second kappa shape index (κ2) is 6.79. The number of nitrogens with one attached hydrogen (secondary N) is 1. The third kappa shape index (κ3) is 4.46. The Hall–Kier alpha value is -3.11. The molecule has 2 aromatic carbocycles. The summed E-state index contributed by atoms with van der Waals surface area (Å²) in [6, 6.07) is 7.06. The molecule has 132 valence electrons. The van der Waals surface area contributed by atoms with E-state index in [1.54, 1.807) is 0 Å². The number of carbonyl (C=O) groups is 2. The zero-order valence-electron chi connectivity index (χ0n) is 12.8. The van der Waals surface area contributed by atoms with Gasteiger partial charge in [-0.05, 0) is 30.3 Å². The second-order valence-electron chi connectivity index (χ2n) is 4.89. The molecule has 0 radical (unpaired) electrons. The van der Waals surface area contributed by atoms with Crippen LogP contribution in [0.15, 0.2) is 41.3 Å². The second-order valence-corrected chi connectivity index (χ2v) is 6.28. The molecule has 0 fully saturated rings. The number of carbonyl (C=O) groups excluding carboxylic acids is 2. The molecule has 0 saturated carbocycles. The number of phenolic OH excluding ortho intramolecular Hbond substituents is 2. The van der Waals surface area contributed by atoms with E-state index in [1.807, 2.05) is 0 Å². The zero-order chi connectivity index (χ0) is 18.8. The lowest BCUT2D eigenvalue weighted by atomic mass is 10.1. The topological polar surface area (TPSA) is 150 Å². The maximum absolute atomic E-state index is 12.2. The molecular weight excluding hydrogens is 354 g/mol. The number of aromatic hydroxyl groups is 2. The molecule has 0 atom stereocenters. The fraction of sp³-hybridized carbons (Fsp3) is 0.0667. The first-order valence-electron chi connectivity index (χ1n) is 6.71. The van der Waals surface area contributed by atoms with E-state index in [0.29, 0.717) is 6.07 Å². The van der Waals surface area contributed by atoms with Crippen molar-refractivity contribution >= 4 is 27.7 Å². The number of anilines is 1. The van der Waals surface area contributed by atoms with Crippen LogP contribution in [0.3, 0.4) is 0 Å². The van der Waals surface area contributed by atoms with Gasteiger partial charge < -0.3 is 20.3 Å². The maximum atomic E-state index is 12.2. The molecule has 0 aromatic heterocycles. The highest BCUT2D eigenvalue weighted by Gasteiger charge is 2.23. The molecule has 4 N–H and O–H groups in total. The van der Waals surface area contributed by atoms with E-state index in [0.717, 1.165) is 6.07 Å². The van der Waals surface area contributed by atoms with Gasteiger partial charge in [-0.3, -0.25) is 14.1 Å². The van der Waals surface area contributed by atoms with E-state index in [1.165, 1.54) is 31.2 Å². The van der Waals surface area contributed by atoms with E-state index in [-0.39, 0.29) is 11.4 Å². The van der Waals surface area contributed by atoms with Gasteiger partial charge in [0.25, 0.3) is 16.0 Å². The minimum absolute atomic E-state index is 0.247. The molecule has 25 heavy (non-hydrogen) atoms. The van der Waals surface area contributed by atoms with E-state index in [4.69, 9.17) is 9.29 Å². The van der Waals surface area contributed by atoms with Crippen LogP contribution in [0.4, 0.5) is 5.69 Å². The molecule has 10 heteroatoms. The summed E-state index contributed by atoms with van der Waals surface area (Å²) in [5, 5.41) is 21.7. The summed E-state index contributed by atoms with van der Waals surface area (Å²) < 4.78 is 36.2. The first kappa shape index (κ1) is 18.2. The van der Waals surface area contributed by atoms with Crippen LogP contribution in [-0.4, -0.2) is 35.1 Å². The quantitative estimate of drug-likeness (QED) is 0.275. The molecule has 0 unspecified atom stereocenters. The van der Waals surface area contributed by atoms with Crippen molar-refractivity contribution in [3.63, 3.8) is 0 Å². The average Bonchev–Trinajstić information content (AvgIpc) is 2.49. The van der Waals surface area contributed by atoms with Crippen molar-refractivity contribution in [1.29, 1.82) is 0 Å². The number of hydrogen-bond donors (Lipinski definition) is 4. The largest absolute Gasteiger partial charge is 0.508 e. The van der Waals surface area contributed by atoms with Crippen molar-refractivity contribution < 1.29 is 37.5 Å². The SMILES string of the molecule is CC(=O)Oc1ccc(NC(=O)c2cc(O)cc(S(=O)(=O)O)c2O)cc1. The standard InChI is InChI=1S/C15H13NO8S/c1-8(17)24-11-4-2-9(3-5-11)16-15(20)12-6-10(18)7-13(14(12)19)25(21,22)23/h2-7,18-19H,1H3,(H,16,20)(H,21,22,23). The van der Waals surface area contributed by atoms with Crippen LogP contribution in [-0.2, 0) is 14.9 Å². The van der Waals surface area contributed by atoms with Gasteiger partial charge in [0.05, 0.1) is 5.56 Å². The number of phenols is 2. The molecule has 9 nitrogen and oxygen atoms in total. The molecule has 0 saturated heterocycles. The molecule has 0 aliphatic heterocycles. The van der Waals surface area contributed by atoms with Crippen LogP contribution in [0.25, 0.3) is 0 Å². The fourth-order valence-electron chi connectivity index (χ4n) is 1.93. The molecule has 0 aliphatic carbocycles. The summed E-state index contributed by atoms with van der Waals surface area (Å²) in [7, 11) is -4.84. The number of benzene rings is 2. The smallest absolute Gasteiger partial charge is 0.308 e. The summed E-state index contributed by atoms with van der Waals surface area (Å²) in [5.74, 6) is -2.84. The summed E-state index contributed by atoms with van der Waals surface area (Å²) in [6.45, 7) is 1.23. The van der Waals surface area contributed by atoms with E-state index in [2.05, 4.69) is 5.32 Å². The predicted octanol–water partition coefficient (Wildman–Crippen LogP) is 1.52. The first-order valence-corrected chi connectivity index (χ1v) is 8.15. The lowest BCUT2D eigenvalue weighted by molar-refractivity contribution is -0.131. The van der Waals surface area contributed by atoms with Gasteiger partial charge in [0.2, 0.25) is 0 Å². The maximum Gasteiger partial charge on any atom is 0.308 e. The Morgan fingerprint density at radius 1 is 1.08 bits per heavy atom. The summed E-state index contributed by atoms with van der Waals surface area (Å²) in [5.41, 5.74) is -0.311. The zero-order valence-corrected chi connectivity index (χ0v) is 13.6. The summed E-state index contributed by atoms with van der Waals surface area (Å²) in [6.07, 6.45) is 0. The van der Waals surface area contributed by atoms with Crippen molar-refractivity contribution in [2.24, 2.45) is 0 Å². The molecule has 0 heterocycles. The Labute approximate surface area is 142 Å². The van der Waals surface area contributed by atoms with Gasteiger partial charge in [-0.25, -0.2) is 0 Å². The lowest BCUT2D eigenvalue weighted by Gasteiger charge is -2.10. The van der Waals surface area contributed by atoms with Gasteiger partial charge >= 0.3 is 5.97 Å². The minimum atomic E-state index is -4.84. The number of rotatable bonds is 4. The third-order valence-electron chi connectivity index (χ3n) is 2.96. The average molecular weight is 367 g/mol. The highest BCUT2D eigenvalue weighted by atomic mass is 32.2. The van der Waals surface area contributed by atoms with Gasteiger partial charge in [0.1, 0.15) is 22.1 Å². The van der Waals surface area contributed by atoms with Gasteiger partial charge in [-0.15, -0.1) is 0 Å². The van der Waals surface area contributed by atoms with Crippen LogP contribution in [0.5, 0.6) is 17.2 Å². The van der Waals surface area contributed by atoms with E-state index in [9.17, 15) is 28.2 Å². The molecular formula is C15H13NO8S. The van der Waals surface area contributed by atoms with Crippen molar-refractivity contribution in [3.05, 3.63) is 42.0 Å². The Balaban J connectivity index is 2.30. The molecule has 2 aromatic rings. The van der Waals surface area contributed by atoms with E-state index < -0.39 is 44.0 Å². The van der Waals surface area contributed by atoms with Crippen molar-refractivity contribution in [3.8, 4) is 17.2 Å². The van der Waals surface area contributed by atoms with Crippen LogP contribution in [0, 0.1) is 0 Å². The van der Waals surface area contributed by atoms with Crippen molar-refractivity contribution in [2.45, 2.75) is 11.8 Å². The summed E-state index contributed by atoms with van der Waals surface area (Å²) >= 11 is 0. The third-order valence-corrected chi connectivity index (χ3v) is 3.82. The van der Waals surface area contributed by atoms with E-state index >= 15 is 0 Å². The van der Waals surface area contributed by atoms with Crippen LogP contribution in [0.1, 0.15) is 17.3 Å². The van der Waals surface area contributed by atoms with Gasteiger partial charge in [0.15, 0.2) is 0 Å². The van der Waals surface area contributed by atoms with Crippen molar-refractivity contribution in [2.75, 3.05) is 5.32 Å². The fourth-order valence-corrected chi connectivity index (χ4v) is 2.56. The molecule has 0 bridgehead atoms. The Morgan fingerprint density at radius 3 is 2.20 bits per heavy atom. The number of ether oxygens (including phenoxy) is 1. The van der Waals surface area contributed by atoms with Gasteiger partial charge in [0, 0.05) is 18.7 Å². The summed E-state index contributed by atoms with van der Waals surface area (Å²) in [4.78, 5) is 22.0.